The molecule has 1 saturated heterocycles. The molecule has 3 rings (SSSR count). The maximum atomic E-state index is 13.1. The van der Waals surface area contributed by atoms with Gasteiger partial charge in [-0.05, 0) is 25.0 Å². The first kappa shape index (κ1) is 13.6. The number of carbonyl (C=O) groups is 2. The number of hydrogen-bond donors (Lipinski definition) is 1. The summed E-state index contributed by atoms with van der Waals surface area (Å²) in [6.07, 6.45) is 1.80. The predicted octanol–water partition coefficient (Wildman–Crippen LogP) is 2.83. The van der Waals surface area contributed by atoms with Gasteiger partial charge in [0.25, 0.3) is 5.91 Å². The van der Waals surface area contributed by atoms with E-state index in [0.29, 0.717) is 0 Å². The first-order valence-electron chi connectivity index (χ1n) is 6.24. The lowest BCUT2D eigenvalue weighted by Gasteiger charge is -2.16. The van der Waals surface area contributed by atoms with Crippen molar-refractivity contribution in [3.63, 3.8) is 0 Å². The van der Waals surface area contributed by atoms with Crippen molar-refractivity contribution in [1.82, 2.24) is 4.90 Å². The second-order valence-electron chi connectivity index (χ2n) is 4.98. The molecule has 1 aromatic rings. The maximum absolute atomic E-state index is 13.1. The molecule has 0 radical (unpaired) electrons. The van der Waals surface area contributed by atoms with Crippen molar-refractivity contribution in [1.29, 1.82) is 0 Å². The van der Waals surface area contributed by atoms with Crippen LogP contribution in [0.25, 0.3) is 0 Å². The molecule has 106 valence electrons. The number of benzene rings is 1. The summed E-state index contributed by atoms with van der Waals surface area (Å²) in [6, 6.07) is 1.57. The largest absolute Gasteiger partial charge is 0.371 e. The molecule has 0 bridgehead atoms. The molecule has 1 aliphatic carbocycles. The Balaban J connectivity index is 1.82. The van der Waals surface area contributed by atoms with Gasteiger partial charge in [0.1, 0.15) is 11.9 Å². The smallest absolute Gasteiger partial charge is 0.252 e. The second-order valence-corrected chi connectivity index (χ2v) is 5.79. The quantitative estimate of drug-likeness (QED) is 0.872. The first-order valence-corrected chi connectivity index (χ1v) is 7.00. The van der Waals surface area contributed by atoms with Crippen molar-refractivity contribution in [3.8, 4) is 0 Å². The third kappa shape index (κ3) is 2.36. The normalized spacial score (nSPS) is 22.6. The van der Waals surface area contributed by atoms with Gasteiger partial charge >= 0.3 is 0 Å². The van der Waals surface area contributed by atoms with E-state index in [1.54, 1.807) is 0 Å². The molecule has 0 aromatic heterocycles. The van der Waals surface area contributed by atoms with E-state index in [1.165, 1.54) is 4.90 Å². The third-order valence-corrected chi connectivity index (χ3v) is 4.02. The van der Waals surface area contributed by atoms with Gasteiger partial charge in [0.15, 0.2) is 0 Å². The Bertz CT molecular complexity index is 581. The highest BCUT2D eigenvalue weighted by atomic mass is 35.5. The molecule has 1 unspecified atom stereocenters. The maximum Gasteiger partial charge on any atom is 0.252 e. The van der Waals surface area contributed by atoms with Crippen LogP contribution in [0.15, 0.2) is 12.1 Å². The number of rotatable bonds is 3. The van der Waals surface area contributed by atoms with Gasteiger partial charge in [-0.1, -0.05) is 23.2 Å². The summed E-state index contributed by atoms with van der Waals surface area (Å²) in [4.78, 5) is 25.3. The number of halogens is 3. The zero-order chi connectivity index (χ0) is 14.4. The molecular formula is C13H11Cl2FN2O2. The van der Waals surface area contributed by atoms with E-state index in [2.05, 4.69) is 5.32 Å². The molecule has 1 N–H and O–H groups in total. The molecular weight excluding hydrogens is 306 g/mol. The van der Waals surface area contributed by atoms with Crippen LogP contribution in [0.2, 0.25) is 10.0 Å². The van der Waals surface area contributed by atoms with E-state index in [4.69, 9.17) is 23.2 Å². The summed E-state index contributed by atoms with van der Waals surface area (Å²) < 4.78 is 13.1. The molecule has 1 aliphatic heterocycles. The molecule has 4 nitrogen and oxygen atoms in total. The highest BCUT2D eigenvalue weighted by Gasteiger charge is 2.46. The molecule has 1 saturated carbocycles. The van der Waals surface area contributed by atoms with Crippen LogP contribution < -0.4 is 5.32 Å². The van der Waals surface area contributed by atoms with E-state index >= 15 is 0 Å². The van der Waals surface area contributed by atoms with Crippen LogP contribution in [0.1, 0.15) is 19.3 Å². The molecule has 1 atom stereocenters. The summed E-state index contributed by atoms with van der Waals surface area (Å²) in [7, 11) is 0. The van der Waals surface area contributed by atoms with Crippen molar-refractivity contribution < 1.29 is 14.0 Å². The summed E-state index contributed by atoms with van der Waals surface area (Å²) in [5.41, 5.74) is 0.276. The zero-order valence-electron chi connectivity index (χ0n) is 10.3. The summed E-state index contributed by atoms with van der Waals surface area (Å²) >= 11 is 11.8. The van der Waals surface area contributed by atoms with Crippen molar-refractivity contribution >= 4 is 40.7 Å². The van der Waals surface area contributed by atoms with E-state index in [0.717, 1.165) is 25.0 Å². The number of imide groups is 1. The van der Waals surface area contributed by atoms with Gasteiger partial charge in [-0.3, -0.25) is 14.5 Å². The zero-order valence-corrected chi connectivity index (χ0v) is 11.8. The Morgan fingerprint density at radius 3 is 2.35 bits per heavy atom. The average Bonchev–Trinajstić information content (AvgIpc) is 3.12. The molecule has 1 aromatic carbocycles. The first-order chi connectivity index (χ1) is 9.47. The van der Waals surface area contributed by atoms with Gasteiger partial charge in [-0.25, -0.2) is 4.39 Å². The van der Waals surface area contributed by atoms with Crippen LogP contribution in [0.4, 0.5) is 10.1 Å². The number of amides is 2. The Kier molecular flexibility index (Phi) is 3.34. The molecule has 1 heterocycles. The Labute approximate surface area is 124 Å². The Hall–Kier alpha value is -1.33. The van der Waals surface area contributed by atoms with Crippen LogP contribution in [0.5, 0.6) is 0 Å². The van der Waals surface area contributed by atoms with Crippen LogP contribution in [0, 0.1) is 5.82 Å². The van der Waals surface area contributed by atoms with Crippen LogP contribution in [0.3, 0.4) is 0 Å². The minimum absolute atomic E-state index is 0.0426. The highest BCUT2D eigenvalue weighted by Crippen LogP contribution is 2.35. The SMILES string of the molecule is O=C1CC(Nc2c(Cl)cc(F)cc2Cl)C(=O)N1C1CC1. The van der Waals surface area contributed by atoms with E-state index in [-0.39, 0.29) is 40.0 Å². The number of nitrogens with one attached hydrogen (secondary N) is 1. The molecule has 2 aliphatic rings. The van der Waals surface area contributed by atoms with Crippen molar-refractivity contribution in [3.05, 3.63) is 28.0 Å². The number of carbonyl (C=O) groups excluding carboxylic acids is 2. The molecule has 2 amide bonds. The minimum Gasteiger partial charge on any atom is -0.371 e. The highest BCUT2D eigenvalue weighted by molar-refractivity contribution is 6.39. The molecule has 2 fully saturated rings. The second kappa shape index (κ2) is 4.90. The van der Waals surface area contributed by atoms with Gasteiger partial charge in [0.2, 0.25) is 5.91 Å². The van der Waals surface area contributed by atoms with Gasteiger partial charge in [-0.15, -0.1) is 0 Å². The number of likely N-dealkylation sites (tertiary alicyclic amines) is 1. The van der Waals surface area contributed by atoms with E-state index in [9.17, 15) is 14.0 Å². The van der Waals surface area contributed by atoms with Crippen LogP contribution in [-0.4, -0.2) is 28.8 Å². The molecule has 0 spiro atoms. The van der Waals surface area contributed by atoms with Gasteiger partial charge in [-0.2, -0.15) is 0 Å². The lowest BCUT2D eigenvalue weighted by Crippen LogP contribution is -2.36. The average molecular weight is 317 g/mol. The van der Waals surface area contributed by atoms with Crippen LogP contribution in [-0.2, 0) is 9.59 Å². The predicted molar refractivity (Wildman–Crippen MR) is 73.3 cm³/mol. The monoisotopic (exact) mass is 316 g/mol. The summed E-state index contributed by atoms with van der Waals surface area (Å²) in [5.74, 6) is -1.02. The lowest BCUT2D eigenvalue weighted by molar-refractivity contribution is -0.139. The van der Waals surface area contributed by atoms with Crippen molar-refractivity contribution in [2.45, 2.75) is 31.3 Å². The fourth-order valence-electron chi connectivity index (χ4n) is 2.33. The van der Waals surface area contributed by atoms with Crippen molar-refractivity contribution in [2.75, 3.05) is 5.32 Å². The Morgan fingerprint density at radius 1 is 1.20 bits per heavy atom. The fraction of sp³-hybridized carbons (Fsp3) is 0.385. The lowest BCUT2D eigenvalue weighted by atomic mass is 10.2. The molecule has 20 heavy (non-hydrogen) atoms. The number of anilines is 1. The number of hydrogen-bond acceptors (Lipinski definition) is 3. The topological polar surface area (TPSA) is 49.4 Å². The van der Waals surface area contributed by atoms with Crippen LogP contribution >= 0.6 is 23.2 Å². The van der Waals surface area contributed by atoms with Gasteiger partial charge < -0.3 is 5.32 Å². The standard InChI is InChI=1S/C13H11Cl2FN2O2/c14-8-3-6(16)4-9(15)12(8)17-10-5-11(19)18(13(10)20)7-1-2-7/h3-4,7,10,17H,1-2,5H2. The van der Waals surface area contributed by atoms with Crippen molar-refractivity contribution in [2.24, 2.45) is 0 Å². The summed E-state index contributed by atoms with van der Waals surface area (Å²) in [6.45, 7) is 0. The van der Waals surface area contributed by atoms with E-state index in [1.807, 2.05) is 0 Å². The third-order valence-electron chi connectivity index (χ3n) is 3.42. The van der Waals surface area contributed by atoms with Gasteiger partial charge in [0, 0.05) is 6.04 Å². The minimum atomic E-state index is -0.691. The van der Waals surface area contributed by atoms with E-state index < -0.39 is 11.9 Å². The molecule has 7 heteroatoms. The summed E-state index contributed by atoms with van der Waals surface area (Å²) in [5, 5.41) is 3.02. The fourth-order valence-corrected chi connectivity index (χ4v) is 2.90. The van der Waals surface area contributed by atoms with Gasteiger partial charge in [0.05, 0.1) is 22.2 Å². The number of nitrogens with zero attached hydrogens (tertiary/aromatic N) is 1. The Morgan fingerprint density at radius 2 is 1.80 bits per heavy atom.